The van der Waals surface area contributed by atoms with Gasteiger partial charge < -0.3 is 10.2 Å². The highest BCUT2D eigenvalue weighted by molar-refractivity contribution is 5.92. The first kappa shape index (κ1) is 20.4. The number of anilines is 2. The Labute approximate surface area is 178 Å². The number of para-hydroxylation sites is 1. The van der Waals surface area contributed by atoms with Crippen LogP contribution in [0.15, 0.2) is 30.3 Å². The fraction of sp³-hybridized carbons (Fsp3) is 0.458. The molecule has 6 heteroatoms. The summed E-state index contributed by atoms with van der Waals surface area (Å²) in [5, 5.41) is 12.8. The fourth-order valence-electron chi connectivity index (χ4n) is 4.56. The molecule has 1 aliphatic heterocycles. The van der Waals surface area contributed by atoms with Gasteiger partial charge in [-0.25, -0.2) is 4.98 Å². The van der Waals surface area contributed by atoms with Crippen molar-refractivity contribution in [1.29, 1.82) is 5.26 Å². The van der Waals surface area contributed by atoms with Gasteiger partial charge in [-0.2, -0.15) is 5.26 Å². The molecule has 0 unspecified atom stereocenters. The first-order valence-electron chi connectivity index (χ1n) is 11.0. The summed E-state index contributed by atoms with van der Waals surface area (Å²) in [6.45, 7) is 5.70. The zero-order valence-corrected chi connectivity index (χ0v) is 17.7. The minimum absolute atomic E-state index is 0.00764. The molecule has 6 nitrogen and oxygen atoms in total. The summed E-state index contributed by atoms with van der Waals surface area (Å²) in [6, 6.07) is 12.0. The Bertz CT molecular complexity index is 942. The minimum atomic E-state index is 0.00764. The molecule has 1 N–H and O–H groups in total. The maximum Gasteiger partial charge on any atom is 0.238 e. The number of hydrogen-bond acceptors (Lipinski definition) is 5. The third-order valence-corrected chi connectivity index (χ3v) is 6.03. The van der Waals surface area contributed by atoms with Crippen LogP contribution in [-0.4, -0.2) is 48.5 Å². The molecule has 1 saturated heterocycles. The van der Waals surface area contributed by atoms with Crippen molar-refractivity contribution in [3.8, 4) is 6.07 Å². The highest BCUT2D eigenvalue weighted by atomic mass is 16.2. The van der Waals surface area contributed by atoms with Crippen LogP contribution in [0.2, 0.25) is 0 Å². The van der Waals surface area contributed by atoms with E-state index in [1.807, 2.05) is 30.3 Å². The standard InChI is InChI=1S/C24H29N5O/c1-2-7-22-20-11-6-10-19(20)21(16-25)24(27-22)29-14-12-28(13-15-29)17-23(30)26-18-8-4-3-5-9-18/h3-5,8-9H,2,6-7,10-15,17H2,1H3,(H,26,30). The second-order valence-electron chi connectivity index (χ2n) is 8.11. The predicted molar refractivity (Wildman–Crippen MR) is 119 cm³/mol. The number of carbonyl (C=O) groups excluding carboxylic acids is 1. The third-order valence-electron chi connectivity index (χ3n) is 6.03. The maximum atomic E-state index is 12.4. The highest BCUT2D eigenvalue weighted by Gasteiger charge is 2.27. The van der Waals surface area contributed by atoms with Gasteiger partial charge in [0.05, 0.1) is 12.1 Å². The van der Waals surface area contributed by atoms with Crippen LogP contribution in [0.1, 0.15) is 42.1 Å². The summed E-state index contributed by atoms with van der Waals surface area (Å²) in [5.74, 6) is 0.864. The second-order valence-corrected chi connectivity index (χ2v) is 8.11. The molecule has 0 spiro atoms. The van der Waals surface area contributed by atoms with E-state index >= 15 is 0 Å². The van der Waals surface area contributed by atoms with Crippen LogP contribution in [0.3, 0.4) is 0 Å². The Hall–Kier alpha value is -2.91. The zero-order valence-electron chi connectivity index (χ0n) is 17.7. The Morgan fingerprint density at radius 1 is 1.13 bits per heavy atom. The molecule has 30 heavy (non-hydrogen) atoms. The van der Waals surface area contributed by atoms with Crippen LogP contribution in [0.25, 0.3) is 0 Å². The number of benzene rings is 1. The van der Waals surface area contributed by atoms with Gasteiger partial charge in [-0.15, -0.1) is 0 Å². The molecule has 156 valence electrons. The summed E-state index contributed by atoms with van der Waals surface area (Å²) in [6.07, 6.45) is 5.20. The molecule has 1 amide bonds. The molecular weight excluding hydrogens is 374 g/mol. The van der Waals surface area contributed by atoms with Crippen molar-refractivity contribution >= 4 is 17.4 Å². The third kappa shape index (κ3) is 4.31. The molecule has 4 rings (SSSR count). The van der Waals surface area contributed by atoms with Gasteiger partial charge >= 0.3 is 0 Å². The lowest BCUT2D eigenvalue weighted by molar-refractivity contribution is -0.117. The van der Waals surface area contributed by atoms with Crippen LogP contribution in [0.4, 0.5) is 11.5 Å². The van der Waals surface area contributed by atoms with Crippen LogP contribution in [0, 0.1) is 11.3 Å². The van der Waals surface area contributed by atoms with Crippen molar-refractivity contribution in [1.82, 2.24) is 9.88 Å². The van der Waals surface area contributed by atoms with Crippen molar-refractivity contribution in [3.63, 3.8) is 0 Å². The molecule has 0 saturated carbocycles. The fourth-order valence-corrected chi connectivity index (χ4v) is 4.56. The van der Waals surface area contributed by atoms with Crippen molar-refractivity contribution in [3.05, 3.63) is 52.7 Å². The topological polar surface area (TPSA) is 72.3 Å². The van der Waals surface area contributed by atoms with E-state index in [2.05, 4.69) is 28.1 Å². The number of rotatable bonds is 6. The Kier molecular flexibility index (Phi) is 6.29. The maximum absolute atomic E-state index is 12.4. The molecule has 0 atom stereocenters. The van der Waals surface area contributed by atoms with Gasteiger partial charge in [0.1, 0.15) is 11.9 Å². The van der Waals surface area contributed by atoms with Crippen molar-refractivity contribution in [2.24, 2.45) is 0 Å². The van der Waals surface area contributed by atoms with Gasteiger partial charge in [-0.1, -0.05) is 31.5 Å². The normalized spacial score (nSPS) is 16.2. The Balaban J connectivity index is 1.42. The van der Waals surface area contributed by atoms with E-state index in [1.54, 1.807) is 0 Å². The van der Waals surface area contributed by atoms with E-state index in [9.17, 15) is 10.1 Å². The summed E-state index contributed by atoms with van der Waals surface area (Å²) < 4.78 is 0. The van der Waals surface area contributed by atoms with Crippen LogP contribution < -0.4 is 10.2 Å². The number of nitrogens with one attached hydrogen (secondary N) is 1. The second kappa shape index (κ2) is 9.27. The average Bonchev–Trinajstić information content (AvgIpc) is 3.25. The van der Waals surface area contributed by atoms with Crippen LogP contribution in [-0.2, 0) is 24.1 Å². The number of carbonyl (C=O) groups is 1. The predicted octanol–water partition coefficient (Wildman–Crippen LogP) is 3.16. The highest BCUT2D eigenvalue weighted by Crippen LogP contribution is 2.33. The molecule has 1 aromatic carbocycles. The smallest absolute Gasteiger partial charge is 0.238 e. The van der Waals surface area contributed by atoms with Crippen LogP contribution in [0.5, 0.6) is 0 Å². The number of aryl methyl sites for hydroxylation is 1. The summed E-state index contributed by atoms with van der Waals surface area (Å²) in [5.41, 5.74) is 5.34. The molecule has 1 fully saturated rings. The lowest BCUT2D eigenvalue weighted by Gasteiger charge is -2.36. The number of amides is 1. The van der Waals surface area contributed by atoms with E-state index in [1.165, 1.54) is 16.8 Å². The summed E-state index contributed by atoms with van der Waals surface area (Å²) in [7, 11) is 0. The van der Waals surface area contributed by atoms with Gasteiger partial charge in [-0.05, 0) is 48.9 Å². The molecule has 0 bridgehead atoms. The van der Waals surface area contributed by atoms with Crippen molar-refractivity contribution in [2.45, 2.75) is 39.0 Å². The zero-order chi connectivity index (χ0) is 20.9. The van der Waals surface area contributed by atoms with Gasteiger partial charge in [0.25, 0.3) is 0 Å². The van der Waals surface area contributed by atoms with Gasteiger partial charge in [0.15, 0.2) is 0 Å². The first-order chi connectivity index (χ1) is 14.7. The molecule has 2 aromatic rings. The average molecular weight is 404 g/mol. The molecule has 0 radical (unpaired) electrons. The number of nitriles is 1. The van der Waals surface area contributed by atoms with Crippen molar-refractivity contribution < 1.29 is 4.79 Å². The largest absolute Gasteiger partial charge is 0.353 e. The van der Waals surface area contributed by atoms with E-state index in [0.29, 0.717) is 6.54 Å². The number of aromatic nitrogens is 1. The van der Waals surface area contributed by atoms with Gasteiger partial charge in [-0.3, -0.25) is 9.69 Å². The Morgan fingerprint density at radius 3 is 2.57 bits per heavy atom. The molecule has 2 aliphatic rings. The number of pyridine rings is 1. The number of fused-ring (bicyclic) bond motifs is 1. The molecule has 1 aromatic heterocycles. The number of nitrogens with zero attached hydrogens (tertiary/aromatic N) is 4. The molecular formula is C24H29N5O. The molecule has 1 aliphatic carbocycles. The SMILES string of the molecule is CCCc1nc(N2CCN(CC(=O)Nc3ccccc3)CC2)c(C#N)c2c1CCC2. The van der Waals surface area contributed by atoms with Gasteiger partial charge in [0, 0.05) is 37.6 Å². The lowest BCUT2D eigenvalue weighted by atomic mass is 10.0. The van der Waals surface area contributed by atoms with Crippen molar-refractivity contribution in [2.75, 3.05) is 42.9 Å². The minimum Gasteiger partial charge on any atom is -0.353 e. The summed E-state index contributed by atoms with van der Waals surface area (Å²) >= 11 is 0. The number of piperazine rings is 1. The van der Waals surface area contributed by atoms with Gasteiger partial charge in [0.2, 0.25) is 5.91 Å². The lowest BCUT2D eigenvalue weighted by Crippen LogP contribution is -2.49. The number of hydrogen-bond donors (Lipinski definition) is 1. The quantitative estimate of drug-likeness (QED) is 0.802. The first-order valence-corrected chi connectivity index (χ1v) is 11.0. The van der Waals surface area contributed by atoms with E-state index in [0.717, 1.165) is 75.4 Å². The van der Waals surface area contributed by atoms with E-state index in [4.69, 9.17) is 4.98 Å². The Morgan fingerprint density at radius 2 is 1.87 bits per heavy atom. The molecule has 2 heterocycles. The van der Waals surface area contributed by atoms with Crippen LogP contribution >= 0.6 is 0 Å². The summed E-state index contributed by atoms with van der Waals surface area (Å²) in [4.78, 5) is 21.7. The van der Waals surface area contributed by atoms with E-state index < -0.39 is 0 Å². The monoisotopic (exact) mass is 403 g/mol. The van der Waals surface area contributed by atoms with E-state index in [-0.39, 0.29) is 5.91 Å².